The number of amides is 2. The van der Waals surface area contributed by atoms with Crippen LogP contribution in [0, 0.1) is 0 Å². The Morgan fingerprint density at radius 2 is 1.97 bits per heavy atom. The van der Waals surface area contributed by atoms with Crippen molar-refractivity contribution in [2.45, 2.75) is 25.8 Å². The number of primary amides is 1. The lowest BCUT2D eigenvalue weighted by Crippen LogP contribution is -2.29. The summed E-state index contributed by atoms with van der Waals surface area (Å²) < 4.78 is 0.400. The first kappa shape index (κ1) is 21.8. The van der Waals surface area contributed by atoms with Gasteiger partial charge in [-0.05, 0) is 43.6 Å². The number of fused-ring (bicyclic) bond motifs is 1. The average Bonchev–Trinajstić information content (AvgIpc) is 3.11. The predicted molar refractivity (Wildman–Crippen MR) is 123 cm³/mol. The fourth-order valence-corrected chi connectivity index (χ4v) is 5.37. The summed E-state index contributed by atoms with van der Waals surface area (Å²) in [5, 5.41) is 13.2. The number of carbonyl (C=O) groups excluding carboxylic acids is 2. The van der Waals surface area contributed by atoms with Gasteiger partial charge in [0.1, 0.15) is 15.7 Å². The van der Waals surface area contributed by atoms with Crippen LogP contribution in [0.25, 0.3) is 10.1 Å². The van der Waals surface area contributed by atoms with E-state index in [1.165, 1.54) is 25.3 Å². The van der Waals surface area contributed by atoms with Gasteiger partial charge in [0.05, 0.1) is 15.3 Å². The molecular formula is C21H20Cl2N4O3S. The van der Waals surface area contributed by atoms with Crippen LogP contribution in [-0.4, -0.2) is 39.9 Å². The predicted octanol–water partition coefficient (Wildman–Crippen LogP) is 4.65. The second-order valence-corrected chi connectivity index (χ2v) is 9.22. The number of aromatic hydroxyl groups is 1. The normalized spacial score (nSPS) is 14.6. The quantitative estimate of drug-likeness (QED) is 0.494. The minimum atomic E-state index is -0.746. The Kier molecular flexibility index (Phi) is 6.34. The molecule has 10 heteroatoms. The van der Waals surface area contributed by atoms with E-state index in [0.29, 0.717) is 10.1 Å². The summed E-state index contributed by atoms with van der Waals surface area (Å²) in [6.07, 6.45) is 5.38. The molecule has 3 heterocycles. The first-order valence-corrected chi connectivity index (χ1v) is 11.3. The fraction of sp³-hybridized carbons (Fsp3) is 0.286. The molecule has 0 aliphatic carbocycles. The number of likely N-dealkylation sites (tertiary alicyclic amines) is 1. The van der Waals surface area contributed by atoms with Gasteiger partial charge in [-0.1, -0.05) is 35.7 Å². The molecule has 4 rings (SSSR count). The number of thiophene rings is 1. The Morgan fingerprint density at radius 3 is 2.61 bits per heavy atom. The Bertz CT molecular complexity index is 1160. The van der Waals surface area contributed by atoms with E-state index in [1.807, 2.05) is 6.07 Å². The third-order valence-corrected chi connectivity index (χ3v) is 7.14. The highest BCUT2D eigenvalue weighted by Gasteiger charge is 2.23. The Balaban J connectivity index is 1.57. The van der Waals surface area contributed by atoms with Crippen molar-refractivity contribution in [3.8, 4) is 5.75 Å². The van der Waals surface area contributed by atoms with Crippen molar-refractivity contribution < 1.29 is 14.7 Å². The molecule has 0 atom stereocenters. The number of pyridine rings is 1. The molecule has 1 saturated heterocycles. The van der Waals surface area contributed by atoms with Gasteiger partial charge in [0.25, 0.3) is 11.8 Å². The minimum absolute atomic E-state index is 0.00399. The molecule has 2 amide bonds. The molecule has 31 heavy (non-hydrogen) atoms. The smallest absolute Gasteiger partial charge is 0.274 e. The summed E-state index contributed by atoms with van der Waals surface area (Å²) in [7, 11) is 0. The number of carbonyl (C=O) groups is 2. The molecule has 0 bridgehead atoms. The number of anilines is 1. The van der Waals surface area contributed by atoms with E-state index in [4.69, 9.17) is 28.9 Å². The third kappa shape index (κ3) is 4.48. The van der Waals surface area contributed by atoms with Gasteiger partial charge in [-0.3, -0.25) is 19.5 Å². The van der Waals surface area contributed by atoms with E-state index in [9.17, 15) is 14.7 Å². The third-order valence-electron chi connectivity index (χ3n) is 5.24. The highest BCUT2D eigenvalue weighted by molar-refractivity contribution is 7.24. The van der Waals surface area contributed by atoms with E-state index in [1.54, 1.807) is 12.3 Å². The average molecular weight is 479 g/mol. The SMILES string of the molecule is NC(=O)c1c(NC(=O)c2ccc(CN3CCCCC3)cn2)sc2c(Cl)c(O)c(Cl)cc12. The molecule has 1 aromatic carbocycles. The number of benzene rings is 1. The maximum atomic E-state index is 12.7. The molecule has 3 aromatic rings. The van der Waals surface area contributed by atoms with Crippen molar-refractivity contribution >= 4 is 61.4 Å². The van der Waals surface area contributed by atoms with Crippen LogP contribution in [0.2, 0.25) is 10.0 Å². The van der Waals surface area contributed by atoms with Crippen molar-refractivity contribution in [1.29, 1.82) is 0 Å². The Labute approximate surface area is 192 Å². The zero-order chi connectivity index (χ0) is 22.1. The monoisotopic (exact) mass is 478 g/mol. The topological polar surface area (TPSA) is 109 Å². The van der Waals surface area contributed by atoms with E-state index in [0.717, 1.165) is 36.5 Å². The van der Waals surface area contributed by atoms with Crippen LogP contribution >= 0.6 is 34.5 Å². The summed E-state index contributed by atoms with van der Waals surface area (Å²) in [4.78, 5) is 31.5. The van der Waals surface area contributed by atoms with Gasteiger partial charge in [0, 0.05) is 18.1 Å². The van der Waals surface area contributed by atoms with Crippen LogP contribution < -0.4 is 11.1 Å². The molecule has 2 aromatic heterocycles. The van der Waals surface area contributed by atoms with Gasteiger partial charge in [0.2, 0.25) is 0 Å². The summed E-state index contributed by atoms with van der Waals surface area (Å²) in [5.41, 5.74) is 6.86. The maximum Gasteiger partial charge on any atom is 0.274 e. The lowest BCUT2D eigenvalue weighted by atomic mass is 10.1. The molecule has 1 aliphatic heterocycles. The number of rotatable bonds is 5. The molecule has 0 spiro atoms. The van der Waals surface area contributed by atoms with Crippen LogP contribution in [0.3, 0.4) is 0 Å². The van der Waals surface area contributed by atoms with Crippen LogP contribution in [0.4, 0.5) is 5.00 Å². The van der Waals surface area contributed by atoms with Crippen molar-refractivity contribution in [3.05, 3.63) is 51.3 Å². The number of nitrogens with two attached hydrogens (primary N) is 1. The molecule has 0 saturated carbocycles. The van der Waals surface area contributed by atoms with Crippen LogP contribution in [0.1, 0.15) is 45.7 Å². The van der Waals surface area contributed by atoms with Gasteiger partial charge >= 0.3 is 0 Å². The Morgan fingerprint density at radius 1 is 1.23 bits per heavy atom. The number of hydrogen-bond donors (Lipinski definition) is 3. The number of halogens is 2. The number of phenolic OH excluding ortho intramolecular Hbond substituents is 1. The van der Waals surface area contributed by atoms with Crippen LogP contribution in [0.5, 0.6) is 5.75 Å². The van der Waals surface area contributed by atoms with Gasteiger partial charge in [-0.25, -0.2) is 0 Å². The second-order valence-electron chi connectivity index (χ2n) is 7.41. The molecule has 0 radical (unpaired) electrons. The summed E-state index contributed by atoms with van der Waals surface area (Å²) in [6, 6.07) is 4.94. The standard InChI is InChI=1S/C21H20Cl2N4O3S/c22-13-8-12-15(19(24)29)21(31-18(12)16(23)17(13)28)26-20(30)14-5-4-11(9-25-14)10-27-6-2-1-3-7-27/h4-5,8-9,28H,1-3,6-7,10H2,(H2,24,29)(H,26,30). The molecule has 0 unspecified atom stereocenters. The summed E-state index contributed by atoms with van der Waals surface area (Å²) in [6.45, 7) is 2.96. The van der Waals surface area contributed by atoms with E-state index in [2.05, 4.69) is 15.2 Å². The molecule has 7 nitrogen and oxygen atoms in total. The van der Waals surface area contributed by atoms with Crippen LogP contribution in [-0.2, 0) is 6.54 Å². The van der Waals surface area contributed by atoms with Crippen molar-refractivity contribution in [2.75, 3.05) is 18.4 Å². The first-order valence-electron chi connectivity index (χ1n) is 9.77. The van der Waals surface area contributed by atoms with Crippen molar-refractivity contribution in [3.63, 3.8) is 0 Å². The highest BCUT2D eigenvalue weighted by atomic mass is 35.5. The second kappa shape index (κ2) is 9.00. The molecule has 1 fully saturated rings. The largest absolute Gasteiger partial charge is 0.505 e. The lowest BCUT2D eigenvalue weighted by Gasteiger charge is -2.26. The van der Waals surface area contributed by atoms with E-state index >= 15 is 0 Å². The highest BCUT2D eigenvalue weighted by Crippen LogP contribution is 2.46. The number of piperidine rings is 1. The van der Waals surface area contributed by atoms with E-state index in [-0.39, 0.29) is 32.1 Å². The number of hydrogen-bond acceptors (Lipinski definition) is 6. The fourth-order valence-electron chi connectivity index (χ4n) is 3.68. The summed E-state index contributed by atoms with van der Waals surface area (Å²) in [5.74, 6) is -1.52. The number of nitrogens with zero attached hydrogens (tertiary/aromatic N) is 2. The van der Waals surface area contributed by atoms with Crippen molar-refractivity contribution in [2.24, 2.45) is 5.73 Å². The number of aromatic nitrogens is 1. The molecule has 1 aliphatic rings. The molecule has 4 N–H and O–H groups in total. The zero-order valence-corrected chi connectivity index (χ0v) is 18.8. The molecular weight excluding hydrogens is 459 g/mol. The Hall–Kier alpha value is -2.39. The number of nitrogens with one attached hydrogen (secondary N) is 1. The lowest BCUT2D eigenvalue weighted by molar-refractivity contribution is 0.100. The van der Waals surface area contributed by atoms with Crippen molar-refractivity contribution in [1.82, 2.24) is 9.88 Å². The summed E-state index contributed by atoms with van der Waals surface area (Å²) >= 11 is 13.2. The molecule has 162 valence electrons. The zero-order valence-electron chi connectivity index (χ0n) is 16.5. The van der Waals surface area contributed by atoms with E-state index < -0.39 is 11.8 Å². The van der Waals surface area contributed by atoms with Crippen LogP contribution in [0.15, 0.2) is 24.4 Å². The van der Waals surface area contributed by atoms with Gasteiger partial charge < -0.3 is 16.2 Å². The maximum absolute atomic E-state index is 12.7. The minimum Gasteiger partial charge on any atom is -0.505 e. The first-order chi connectivity index (χ1) is 14.8. The van der Waals surface area contributed by atoms with Gasteiger partial charge in [-0.15, -0.1) is 11.3 Å². The number of phenols is 1. The van der Waals surface area contributed by atoms with Gasteiger partial charge in [-0.2, -0.15) is 0 Å². The van der Waals surface area contributed by atoms with Gasteiger partial charge in [0.15, 0.2) is 5.75 Å².